The molecule has 1 heterocycles. The molecule has 0 unspecified atom stereocenters. The van der Waals surface area contributed by atoms with Gasteiger partial charge in [-0.05, 0) is 37.5 Å². The fourth-order valence-electron chi connectivity index (χ4n) is 2.34. The third-order valence-corrected chi connectivity index (χ3v) is 3.57. The highest BCUT2D eigenvalue weighted by atomic mass is 19.1. The molecule has 2 rings (SSSR count). The summed E-state index contributed by atoms with van der Waals surface area (Å²) in [6.45, 7) is 1.16. The lowest BCUT2D eigenvalue weighted by Crippen LogP contribution is -2.42. The average Bonchev–Trinajstić information content (AvgIpc) is 2.52. The number of carboxylic acids is 1. The first-order valence-corrected chi connectivity index (χ1v) is 7.08. The van der Waals surface area contributed by atoms with Gasteiger partial charge in [-0.3, -0.25) is 9.59 Å². The third-order valence-electron chi connectivity index (χ3n) is 3.57. The first kappa shape index (κ1) is 15.9. The van der Waals surface area contributed by atoms with Crippen molar-refractivity contribution in [1.82, 2.24) is 10.2 Å². The van der Waals surface area contributed by atoms with Crippen molar-refractivity contribution >= 4 is 17.8 Å². The second-order valence-electron chi connectivity index (χ2n) is 5.12. The smallest absolute Gasteiger partial charge is 0.335 e. The van der Waals surface area contributed by atoms with E-state index in [0.717, 1.165) is 37.5 Å². The Morgan fingerprint density at radius 1 is 1.18 bits per heavy atom. The number of aromatic carboxylic acids is 1. The van der Waals surface area contributed by atoms with Gasteiger partial charge in [0.05, 0.1) is 17.7 Å². The molecule has 0 aromatic heterocycles. The van der Waals surface area contributed by atoms with E-state index in [0.29, 0.717) is 13.1 Å². The summed E-state index contributed by atoms with van der Waals surface area (Å²) in [5.41, 5.74) is -0.519. The maximum Gasteiger partial charge on any atom is 0.335 e. The Kier molecular flexibility index (Phi) is 5.08. The molecule has 1 aromatic rings. The summed E-state index contributed by atoms with van der Waals surface area (Å²) in [4.78, 5) is 36.1. The molecular weight excluding hydrogens is 291 g/mol. The Morgan fingerprint density at radius 3 is 2.45 bits per heavy atom. The van der Waals surface area contributed by atoms with E-state index in [9.17, 15) is 18.8 Å². The molecular formula is C15H17FN2O4. The summed E-state index contributed by atoms with van der Waals surface area (Å²) < 4.78 is 13.7. The number of carbonyl (C=O) groups is 3. The molecule has 0 bridgehead atoms. The van der Waals surface area contributed by atoms with Gasteiger partial charge in [-0.25, -0.2) is 9.18 Å². The monoisotopic (exact) mass is 308 g/mol. The van der Waals surface area contributed by atoms with Crippen LogP contribution < -0.4 is 5.32 Å². The number of hydrogen-bond acceptors (Lipinski definition) is 3. The third kappa shape index (κ3) is 3.81. The predicted octanol–water partition coefficient (Wildman–Crippen LogP) is 1.27. The number of halogens is 1. The fourth-order valence-corrected chi connectivity index (χ4v) is 2.34. The van der Waals surface area contributed by atoms with Crippen LogP contribution in [0.4, 0.5) is 4.39 Å². The quantitative estimate of drug-likeness (QED) is 0.877. The molecule has 6 nitrogen and oxygen atoms in total. The highest BCUT2D eigenvalue weighted by Crippen LogP contribution is 2.11. The summed E-state index contributed by atoms with van der Waals surface area (Å²) in [6, 6.07) is 3.02. The van der Waals surface area contributed by atoms with Crippen molar-refractivity contribution in [2.45, 2.75) is 19.3 Å². The van der Waals surface area contributed by atoms with Crippen molar-refractivity contribution in [3.05, 3.63) is 35.1 Å². The fraction of sp³-hybridized carbons (Fsp3) is 0.400. The van der Waals surface area contributed by atoms with Gasteiger partial charge in [0.25, 0.3) is 5.91 Å². The molecule has 1 aliphatic rings. The van der Waals surface area contributed by atoms with E-state index in [1.807, 2.05) is 0 Å². The zero-order chi connectivity index (χ0) is 16.1. The lowest BCUT2D eigenvalue weighted by molar-refractivity contribution is -0.130. The summed E-state index contributed by atoms with van der Waals surface area (Å²) in [7, 11) is 0. The number of nitrogens with one attached hydrogen (secondary N) is 1. The van der Waals surface area contributed by atoms with Crippen molar-refractivity contribution < 1.29 is 23.9 Å². The molecule has 0 spiro atoms. The summed E-state index contributed by atoms with van der Waals surface area (Å²) >= 11 is 0. The molecule has 22 heavy (non-hydrogen) atoms. The van der Waals surface area contributed by atoms with Gasteiger partial charge in [-0.1, -0.05) is 0 Å². The molecule has 2 amide bonds. The lowest BCUT2D eigenvalue weighted by atomic mass is 10.1. The molecule has 1 aliphatic heterocycles. The van der Waals surface area contributed by atoms with Crippen LogP contribution in [0.3, 0.4) is 0 Å². The number of carbonyl (C=O) groups excluding carboxylic acids is 2. The lowest BCUT2D eigenvalue weighted by Gasteiger charge is -2.26. The van der Waals surface area contributed by atoms with Gasteiger partial charge in [0.2, 0.25) is 5.91 Å². The molecule has 0 radical (unpaired) electrons. The second-order valence-corrected chi connectivity index (χ2v) is 5.12. The van der Waals surface area contributed by atoms with Gasteiger partial charge in [0.15, 0.2) is 0 Å². The normalized spacial score (nSPS) is 14.5. The van der Waals surface area contributed by atoms with E-state index < -0.39 is 17.7 Å². The van der Waals surface area contributed by atoms with Gasteiger partial charge in [0.1, 0.15) is 5.82 Å². The van der Waals surface area contributed by atoms with Crippen LogP contribution in [0.2, 0.25) is 0 Å². The molecule has 0 saturated carbocycles. The van der Waals surface area contributed by atoms with Crippen LogP contribution in [0.1, 0.15) is 40.0 Å². The number of carboxylic acid groups (broad SMARTS) is 1. The van der Waals surface area contributed by atoms with Gasteiger partial charge in [-0.2, -0.15) is 0 Å². The first-order chi connectivity index (χ1) is 10.5. The minimum absolute atomic E-state index is 0.195. The van der Waals surface area contributed by atoms with Crippen LogP contribution in [0.15, 0.2) is 18.2 Å². The Balaban J connectivity index is 1.94. The van der Waals surface area contributed by atoms with E-state index in [4.69, 9.17) is 5.11 Å². The van der Waals surface area contributed by atoms with Crippen LogP contribution in [0.5, 0.6) is 0 Å². The Morgan fingerprint density at radius 2 is 1.86 bits per heavy atom. The molecule has 1 saturated heterocycles. The van der Waals surface area contributed by atoms with Crippen molar-refractivity contribution in [2.24, 2.45) is 0 Å². The molecule has 0 aliphatic carbocycles. The van der Waals surface area contributed by atoms with Crippen molar-refractivity contribution in [3.8, 4) is 0 Å². The van der Waals surface area contributed by atoms with Crippen LogP contribution in [0, 0.1) is 5.82 Å². The van der Waals surface area contributed by atoms with E-state index in [1.165, 1.54) is 0 Å². The number of rotatable bonds is 4. The molecule has 2 N–H and O–H groups in total. The standard InChI is InChI=1S/C15H17FN2O4/c16-12-8-10(15(21)22)4-5-11(12)14(20)17-9-13(19)18-6-2-1-3-7-18/h4-5,8H,1-3,6-7,9H2,(H,17,20)(H,21,22). The van der Waals surface area contributed by atoms with Crippen molar-refractivity contribution in [2.75, 3.05) is 19.6 Å². The number of hydrogen-bond donors (Lipinski definition) is 2. The number of nitrogens with zero attached hydrogens (tertiary/aromatic N) is 1. The molecule has 1 fully saturated rings. The number of piperidine rings is 1. The average molecular weight is 308 g/mol. The maximum atomic E-state index is 13.7. The summed E-state index contributed by atoms with van der Waals surface area (Å²) in [5, 5.41) is 11.1. The summed E-state index contributed by atoms with van der Waals surface area (Å²) in [6.07, 6.45) is 2.99. The minimum atomic E-state index is -1.27. The zero-order valence-corrected chi connectivity index (χ0v) is 12.0. The number of benzene rings is 1. The first-order valence-electron chi connectivity index (χ1n) is 7.08. The molecule has 118 valence electrons. The Bertz CT molecular complexity index is 597. The maximum absolute atomic E-state index is 13.7. The van der Waals surface area contributed by atoms with E-state index >= 15 is 0 Å². The Hall–Kier alpha value is -2.44. The minimum Gasteiger partial charge on any atom is -0.478 e. The topological polar surface area (TPSA) is 86.7 Å². The predicted molar refractivity (Wildman–Crippen MR) is 76.1 cm³/mol. The van der Waals surface area contributed by atoms with E-state index in [-0.39, 0.29) is 23.6 Å². The van der Waals surface area contributed by atoms with Crippen molar-refractivity contribution in [3.63, 3.8) is 0 Å². The molecule has 0 atom stereocenters. The van der Waals surface area contributed by atoms with Crippen molar-refractivity contribution in [1.29, 1.82) is 0 Å². The summed E-state index contributed by atoms with van der Waals surface area (Å²) in [5.74, 6) is -3.13. The highest BCUT2D eigenvalue weighted by Gasteiger charge is 2.19. The van der Waals surface area contributed by atoms with E-state index in [2.05, 4.69) is 5.32 Å². The van der Waals surface area contributed by atoms with E-state index in [1.54, 1.807) is 4.90 Å². The largest absolute Gasteiger partial charge is 0.478 e. The van der Waals surface area contributed by atoms with Crippen LogP contribution >= 0.6 is 0 Å². The van der Waals surface area contributed by atoms with Crippen LogP contribution in [-0.2, 0) is 4.79 Å². The number of likely N-dealkylation sites (tertiary alicyclic amines) is 1. The van der Waals surface area contributed by atoms with Gasteiger partial charge in [-0.15, -0.1) is 0 Å². The highest BCUT2D eigenvalue weighted by molar-refractivity contribution is 5.97. The van der Waals surface area contributed by atoms with Gasteiger partial charge >= 0.3 is 5.97 Å². The molecule has 1 aromatic carbocycles. The Labute approximate surface area is 126 Å². The molecule has 7 heteroatoms. The second kappa shape index (κ2) is 7.02. The zero-order valence-electron chi connectivity index (χ0n) is 12.0. The van der Waals surface area contributed by atoms with Crippen LogP contribution in [0.25, 0.3) is 0 Å². The SMILES string of the molecule is O=C(O)c1ccc(C(=O)NCC(=O)N2CCCCC2)c(F)c1. The van der Waals surface area contributed by atoms with Crippen LogP contribution in [-0.4, -0.2) is 47.4 Å². The number of amides is 2. The van der Waals surface area contributed by atoms with Gasteiger partial charge in [0, 0.05) is 13.1 Å². The van der Waals surface area contributed by atoms with Gasteiger partial charge < -0.3 is 15.3 Å².